The summed E-state index contributed by atoms with van der Waals surface area (Å²) in [4.78, 5) is 0. The third-order valence-electron chi connectivity index (χ3n) is 2.03. The standard InChI is InChI=1S/C8H12N2O2/c11-7-4-9-10(5-7)6-8-2-1-3-12-8/h4-5,8,11H,1-3,6H2. The lowest BCUT2D eigenvalue weighted by Gasteiger charge is -2.07. The van der Waals surface area contributed by atoms with E-state index in [0.717, 1.165) is 26.0 Å². The Kier molecular flexibility index (Phi) is 1.99. The average Bonchev–Trinajstić information content (AvgIpc) is 2.63. The molecule has 1 saturated heterocycles. The van der Waals surface area contributed by atoms with Gasteiger partial charge in [0.1, 0.15) is 0 Å². The van der Waals surface area contributed by atoms with Gasteiger partial charge in [0, 0.05) is 6.61 Å². The van der Waals surface area contributed by atoms with Gasteiger partial charge in [0.2, 0.25) is 0 Å². The Bertz CT molecular complexity index is 253. The van der Waals surface area contributed by atoms with Crippen molar-refractivity contribution in [2.45, 2.75) is 25.5 Å². The van der Waals surface area contributed by atoms with E-state index in [1.807, 2.05) is 0 Å². The molecule has 0 aromatic carbocycles. The zero-order valence-electron chi connectivity index (χ0n) is 6.81. The van der Waals surface area contributed by atoms with E-state index < -0.39 is 0 Å². The number of rotatable bonds is 2. The predicted octanol–water partition coefficient (Wildman–Crippen LogP) is 0.768. The van der Waals surface area contributed by atoms with Crippen LogP contribution < -0.4 is 0 Å². The molecule has 0 bridgehead atoms. The van der Waals surface area contributed by atoms with Crippen LogP contribution in [-0.2, 0) is 11.3 Å². The fourth-order valence-electron chi connectivity index (χ4n) is 1.45. The van der Waals surface area contributed by atoms with Crippen molar-refractivity contribution in [1.29, 1.82) is 0 Å². The van der Waals surface area contributed by atoms with Gasteiger partial charge < -0.3 is 9.84 Å². The molecule has 1 aromatic heterocycles. The number of aromatic hydroxyl groups is 1. The summed E-state index contributed by atoms with van der Waals surface area (Å²) < 4.78 is 7.14. The van der Waals surface area contributed by atoms with Gasteiger partial charge in [-0.25, -0.2) is 0 Å². The van der Waals surface area contributed by atoms with Crippen molar-refractivity contribution in [3.63, 3.8) is 0 Å². The molecule has 2 heterocycles. The van der Waals surface area contributed by atoms with E-state index in [1.165, 1.54) is 6.20 Å². The normalized spacial score (nSPS) is 23.2. The fourth-order valence-corrected chi connectivity index (χ4v) is 1.45. The molecule has 0 aliphatic carbocycles. The molecule has 66 valence electrons. The van der Waals surface area contributed by atoms with Gasteiger partial charge in [0.15, 0.2) is 5.75 Å². The highest BCUT2D eigenvalue weighted by Crippen LogP contribution is 2.14. The Morgan fingerprint density at radius 2 is 2.67 bits per heavy atom. The van der Waals surface area contributed by atoms with E-state index in [4.69, 9.17) is 9.84 Å². The second-order valence-corrected chi connectivity index (χ2v) is 3.06. The Balaban J connectivity index is 1.94. The number of ether oxygens (including phenoxy) is 1. The summed E-state index contributed by atoms with van der Waals surface area (Å²) in [6.45, 7) is 1.61. The predicted molar refractivity (Wildman–Crippen MR) is 42.9 cm³/mol. The molecule has 0 saturated carbocycles. The van der Waals surface area contributed by atoms with Crippen LogP contribution in [0.4, 0.5) is 0 Å². The first kappa shape index (κ1) is 7.61. The molecule has 4 heteroatoms. The van der Waals surface area contributed by atoms with Crippen molar-refractivity contribution >= 4 is 0 Å². The minimum absolute atomic E-state index is 0.216. The minimum atomic E-state index is 0.216. The van der Waals surface area contributed by atoms with Crippen molar-refractivity contribution < 1.29 is 9.84 Å². The molecular formula is C8H12N2O2. The lowest BCUT2D eigenvalue weighted by atomic mass is 10.2. The third kappa shape index (κ3) is 1.58. The first-order valence-corrected chi connectivity index (χ1v) is 4.17. The first-order chi connectivity index (χ1) is 5.84. The van der Waals surface area contributed by atoms with Crippen LogP contribution >= 0.6 is 0 Å². The van der Waals surface area contributed by atoms with Gasteiger partial charge in [-0.1, -0.05) is 0 Å². The molecule has 1 aliphatic rings. The summed E-state index contributed by atoms with van der Waals surface area (Å²) in [6, 6.07) is 0. The summed E-state index contributed by atoms with van der Waals surface area (Å²) in [5.41, 5.74) is 0. The van der Waals surface area contributed by atoms with Crippen molar-refractivity contribution in [1.82, 2.24) is 9.78 Å². The lowest BCUT2D eigenvalue weighted by molar-refractivity contribution is 0.0939. The van der Waals surface area contributed by atoms with Crippen molar-refractivity contribution in [2.24, 2.45) is 0 Å². The Hall–Kier alpha value is -1.03. The van der Waals surface area contributed by atoms with Crippen LogP contribution in [-0.4, -0.2) is 27.6 Å². The molecule has 12 heavy (non-hydrogen) atoms. The largest absolute Gasteiger partial charge is 0.505 e. The molecule has 0 radical (unpaired) electrons. The highest BCUT2D eigenvalue weighted by atomic mass is 16.5. The van der Waals surface area contributed by atoms with E-state index in [-0.39, 0.29) is 11.9 Å². The number of hydrogen-bond donors (Lipinski definition) is 1. The zero-order chi connectivity index (χ0) is 8.39. The van der Waals surface area contributed by atoms with Gasteiger partial charge >= 0.3 is 0 Å². The van der Waals surface area contributed by atoms with Gasteiger partial charge in [-0.05, 0) is 12.8 Å². The second-order valence-electron chi connectivity index (χ2n) is 3.06. The van der Waals surface area contributed by atoms with E-state index in [2.05, 4.69) is 5.10 Å². The summed E-state index contributed by atoms with van der Waals surface area (Å²) >= 11 is 0. The molecule has 0 spiro atoms. The first-order valence-electron chi connectivity index (χ1n) is 4.17. The Labute approximate surface area is 70.8 Å². The number of aromatic nitrogens is 2. The van der Waals surface area contributed by atoms with E-state index in [0.29, 0.717) is 0 Å². The van der Waals surface area contributed by atoms with E-state index in [1.54, 1.807) is 10.9 Å². The van der Waals surface area contributed by atoms with Crippen LogP contribution in [0.25, 0.3) is 0 Å². The van der Waals surface area contributed by atoms with Crippen LogP contribution in [0.1, 0.15) is 12.8 Å². The topological polar surface area (TPSA) is 47.3 Å². The lowest BCUT2D eigenvalue weighted by Crippen LogP contribution is -2.14. The zero-order valence-corrected chi connectivity index (χ0v) is 6.81. The molecule has 1 N–H and O–H groups in total. The molecule has 1 aromatic rings. The summed E-state index contributed by atoms with van der Waals surface area (Å²) in [5, 5.41) is 13.0. The molecule has 1 aliphatic heterocycles. The second kappa shape index (κ2) is 3.15. The smallest absolute Gasteiger partial charge is 0.153 e. The number of hydrogen-bond acceptors (Lipinski definition) is 3. The highest BCUT2D eigenvalue weighted by Gasteiger charge is 2.15. The molecule has 1 fully saturated rings. The maximum absolute atomic E-state index is 9.00. The summed E-state index contributed by atoms with van der Waals surface area (Å²) in [6.07, 6.45) is 5.57. The van der Waals surface area contributed by atoms with Crippen LogP contribution in [0.3, 0.4) is 0 Å². The highest BCUT2D eigenvalue weighted by molar-refractivity contribution is 5.08. The van der Waals surface area contributed by atoms with E-state index in [9.17, 15) is 0 Å². The van der Waals surface area contributed by atoms with Gasteiger partial charge in [0.25, 0.3) is 0 Å². The van der Waals surface area contributed by atoms with Crippen LogP contribution in [0.15, 0.2) is 12.4 Å². The minimum Gasteiger partial charge on any atom is -0.505 e. The molecule has 4 nitrogen and oxygen atoms in total. The quantitative estimate of drug-likeness (QED) is 0.709. The SMILES string of the molecule is Oc1cnn(CC2CCCO2)c1. The van der Waals surface area contributed by atoms with Gasteiger partial charge in [0.05, 0.1) is 25.0 Å². The Morgan fingerprint density at radius 3 is 3.25 bits per heavy atom. The fraction of sp³-hybridized carbons (Fsp3) is 0.625. The maximum Gasteiger partial charge on any atom is 0.153 e. The molecule has 2 rings (SSSR count). The molecular weight excluding hydrogens is 156 g/mol. The van der Waals surface area contributed by atoms with Crippen LogP contribution in [0.2, 0.25) is 0 Å². The monoisotopic (exact) mass is 168 g/mol. The molecule has 0 amide bonds. The van der Waals surface area contributed by atoms with Crippen molar-refractivity contribution in [2.75, 3.05) is 6.61 Å². The van der Waals surface area contributed by atoms with Gasteiger partial charge in [-0.3, -0.25) is 4.68 Å². The molecule has 1 atom stereocenters. The molecule has 1 unspecified atom stereocenters. The van der Waals surface area contributed by atoms with Crippen molar-refractivity contribution in [3.8, 4) is 5.75 Å². The summed E-state index contributed by atoms with van der Waals surface area (Å²) in [7, 11) is 0. The number of nitrogens with zero attached hydrogens (tertiary/aromatic N) is 2. The van der Waals surface area contributed by atoms with Crippen LogP contribution in [0, 0.1) is 0 Å². The van der Waals surface area contributed by atoms with Crippen LogP contribution in [0.5, 0.6) is 5.75 Å². The van der Waals surface area contributed by atoms with Crippen molar-refractivity contribution in [3.05, 3.63) is 12.4 Å². The maximum atomic E-state index is 9.00. The van der Waals surface area contributed by atoms with Gasteiger partial charge in [-0.15, -0.1) is 0 Å². The van der Waals surface area contributed by atoms with Gasteiger partial charge in [-0.2, -0.15) is 5.10 Å². The van der Waals surface area contributed by atoms with E-state index >= 15 is 0 Å². The average molecular weight is 168 g/mol. The summed E-state index contributed by atoms with van der Waals surface area (Å²) in [5.74, 6) is 0.216. The third-order valence-corrected chi connectivity index (χ3v) is 2.03. The Morgan fingerprint density at radius 1 is 1.75 bits per heavy atom.